The van der Waals surface area contributed by atoms with Crippen LogP contribution in [0.5, 0.6) is 11.5 Å². The maximum atomic E-state index is 12.4. The third kappa shape index (κ3) is 3.53. The Morgan fingerprint density at radius 2 is 2.09 bits per heavy atom. The topological polar surface area (TPSA) is 47.6 Å². The van der Waals surface area contributed by atoms with Crippen molar-refractivity contribution in [2.24, 2.45) is 0 Å². The smallest absolute Gasteiger partial charge is 0.279 e. The molecule has 0 saturated carbocycles. The fourth-order valence-electron chi connectivity index (χ4n) is 2.69. The van der Waals surface area contributed by atoms with Crippen LogP contribution in [0, 0.1) is 0 Å². The molecule has 5 nitrogen and oxygen atoms in total. The van der Waals surface area contributed by atoms with Crippen molar-refractivity contribution in [1.29, 1.82) is 0 Å². The SMILES string of the molecule is CC[N+](C)(CC)CC(=O)Nc1cc2c(cc1OC)CC(C)O2. The molecule has 1 atom stereocenters. The minimum atomic E-state index is -0.00417. The van der Waals surface area contributed by atoms with Crippen molar-refractivity contribution < 1.29 is 18.8 Å². The van der Waals surface area contributed by atoms with Gasteiger partial charge in [0, 0.05) is 18.1 Å². The van der Waals surface area contributed by atoms with Gasteiger partial charge in [0.2, 0.25) is 0 Å². The third-order valence-corrected chi connectivity index (χ3v) is 4.54. The minimum Gasteiger partial charge on any atom is -0.495 e. The number of amides is 1. The largest absolute Gasteiger partial charge is 0.495 e. The zero-order valence-corrected chi connectivity index (χ0v) is 14.2. The van der Waals surface area contributed by atoms with Gasteiger partial charge in [-0.05, 0) is 26.8 Å². The summed E-state index contributed by atoms with van der Waals surface area (Å²) < 4.78 is 11.9. The van der Waals surface area contributed by atoms with Crippen molar-refractivity contribution in [3.63, 3.8) is 0 Å². The summed E-state index contributed by atoms with van der Waals surface area (Å²) in [6.45, 7) is 8.53. The molecule has 0 saturated heterocycles. The summed E-state index contributed by atoms with van der Waals surface area (Å²) >= 11 is 0. The maximum absolute atomic E-state index is 12.4. The Labute approximate surface area is 132 Å². The molecule has 122 valence electrons. The number of hydrogen-bond donors (Lipinski definition) is 1. The Morgan fingerprint density at radius 3 is 2.68 bits per heavy atom. The molecule has 2 rings (SSSR count). The summed E-state index contributed by atoms with van der Waals surface area (Å²) in [7, 11) is 3.71. The van der Waals surface area contributed by atoms with Crippen molar-refractivity contribution in [3.05, 3.63) is 17.7 Å². The number of fused-ring (bicyclic) bond motifs is 1. The van der Waals surface area contributed by atoms with Crippen molar-refractivity contribution in [3.8, 4) is 11.5 Å². The Kier molecular flexibility index (Phi) is 4.96. The number of benzene rings is 1. The van der Waals surface area contributed by atoms with Crippen LogP contribution in [0.2, 0.25) is 0 Å². The summed E-state index contributed by atoms with van der Waals surface area (Å²) in [5, 5.41) is 2.97. The Balaban J connectivity index is 2.16. The molecule has 22 heavy (non-hydrogen) atoms. The lowest BCUT2D eigenvalue weighted by atomic mass is 10.1. The van der Waals surface area contributed by atoms with Crippen LogP contribution < -0.4 is 14.8 Å². The molecule has 0 fully saturated rings. The molecule has 0 bridgehead atoms. The molecule has 0 aliphatic carbocycles. The molecular formula is C17H27N2O3+. The van der Waals surface area contributed by atoms with Crippen LogP contribution in [-0.2, 0) is 11.2 Å². The van der Waals surface area contributed by atoms with Gasteiger partial charge >= 0.3 is 0 Å². The standard InChI is InChI=1S/C17H26N2O3/c1-6-19(4,7-2)11-17(20)18-14-10-15-13(8-12(3)22-15)9-16(14)21-5/h9-10,12H,6-8,11H2,1-5H3/p+1. The number of nitrogens with one attached hydrogen (secondary N) is 1. The van der Waals surface area contributed by atoms with Gasteiger partial charge in [-0.15, -0.1) is 0 Å². The van der Waals surface area contributed by atoms with E-state index in [1.54, 1.807) is 7.11 Å². The number of likely N-dealkylation sites (N-methyl/N-ethyl adjacent to an activating group) is 1. The van der Waals surface area contributed by atoms with E-state index in [-0.39, 0.29) is 12.0 Å². The van der Waals surface area contributed by atoms with Gasteiger partial charge in [-0.25, -0.2) is 0 Å². The minimum absolute atomic E-state index is 0.00417. The normalized spacial score (nSPS) is 16.9. The van der Waals surface area contributed by atoms with E-state index in [9.17, 15) is 4.79 Å². The van der Waals surface area contributed by atoms with E-state index in [1.165, 1.54) is 0 Å². The Morgan fingerprint density at radius 1 is 1.41 bits per heavy atom. The third-order valence-electron chi connectivity index (χ3n) is 4.54. The summed E-state index contributed by atoms with van der Waals surface area (Å²) in [5.41, 5.74) is 1.81. The summed E-state index contributed by atoms with van der Waals surface area (Å²) in [5.74, 6) is 1.52. The quantitative estimate of drug-likeness (QED) is 0.821. The van der Waals surface area contributed by atoms with E-state index < -0.39 is 0 Å². The first kappa shape index (κ1) is 16.6. The lowest BCUT2D eigenvalue weighted by molar-refractivity contribution is -0.898. The first-order valence-corrected chi connectivity index (χ1v) is 7.91. The van der Waals surface area contributed by atoms with Crippen LogP contribution in [0.1, 0.15) is 26.3 Å². The zero-order valence-electron chi connectivity index (χ0n) is 14.2. The number of anilines is 1. The van der Waals surface area contributed by atoms with E-state index in [2.05, 4.69) is 26.2 Å². The van der Waals surface area contributed by atoms with E-state index in [0.717, 1.165) is 30.8 Å². The molecule has 1 unspecified atom stereocenters. The van der Waals surface area contributed by atoms with Gasteiger partial charge in [0.25, 0.3) is 5.91 Å². The summed E-state index contributed by atoms with van der Waals surface area (Å²) in [6.07, 6.45) is 1.05. The lowest BCUT2D eigenvalue weighted by Crippen LogP contribution is -2.48. The van der Waals surface area contributed by atoms with Gasteiger partial charge in [-0.3, -0.25) is 4.79 Å². The molecule has 0 radical (unpaired) electrons. The van der Waals surface area contributed by atoms with Crippen molar-refractivity contribution in [2.75, 3.05) is 39.1 Å². The van der Waals surface area contributed by atoms with E-state index in [4.69, 9.17) is 9.47 Å². The average molecular weight is 307 g/mol. The highest BCUT2D eigenvalue weighted by atomic mass is 16.5. The maximum Gasteiger partial charge on any atom is 0.279 e. The second-order valence-electron chi connectivity index (χ2n) is 6.25. The van der Waals surface area contributed by atoms with Gasteiger partial charge in [0.15, 0.2) is 6.54 Å². The van der Waals surface area contributed by atoms with Crippen LogP contribution in [0.3, 0.4) is 0 Å². The number of methoxy groups -OCH3 is 1. The lowest BCUT2D eigenvalue weighted by Gasteiger charge is -2.31. The number of quaternary nitrogens is 1. The Hall–Kier alpha value is -1.75. The predicted octanol–water partition coefficient (Wildman–Crippen LogP) is 2.44. The van der Waals surface area contributed by atoms with Crippen LogP contribution in [0.15, 0.2) is 12.1 Å². The number of carbonyl (C=O) groups excluding carboxylic acids is 1. The van der Waals surface area contributed by atoms with Gasteiger partial charge < -0.3 is 19.3 Å². The second kappa shape index (κ2) is 6.57. The Bertz CT molecular complexity index is 553. The summed E-state index contributed by atoms with van der Waals surface area (Å²) in [4.78, 5) is 12.4. The van der Waals surface area contributed by atoms with Crippen molar-refractivity contribution in [2.45, 2.75) is 33.3 Å². The van der Waals surface area contributed by atoms with Gasteiger partial charge in [-0.1, -0.05) is 0 Å². The molecule has 1 heterocycles. The second-order valence-corrected chi connectivity index (χ2v) is 6.25. The highest BCUT2D eigenvalue weighted by Crippen LogP contribution is 2.37. The number of carbonyl (C=O) groups is 1. The molecule has 1 aromatic rings. The first-order chi connectivity index (χ1) is 10.4. The van der Waals surface area contributed by atoms with Crippen LogP contribution >= 0.6 is 0 Å². The number of ether oxygens (including phenoxy) is 2. The van der Waals surface area contributed by atoms with Gasteiger partial charge in [-0.2, -0.15) is 0 Å². The highest BCUT2D eigenvalue weighted by Gasteiger charge is 2.25. The first-order valence-electron chi connectivity index (χ1n) is 7.91. The number of rotatable bonds is 6. The number of hydrogen-bond acceptors (Lipinski definition) is 3. The molecule has 5 heteroatoms. The van der Waals surface area contributed by atoms with E-state index in [1.807, 2.05) is 19.1 Å². The molecule has 1 amide bonds. The number of nitrogens with zero attached hydrogens (tertiary/aromatic N) is 1. The fourth-order valence-corrected chi connectivity index (χ4v) is 2.69. The van der Waals surface area contributed by atoms with Crippen LogP contribution in [0.25, 0.3) is 0 Å². The molecule has 1 aliphatic heterocycles. The van der Waals surface area contributed by atoms with E-state index >= 15 is 0 Å². The van der Waals surface area contributed by atoms with Crippen molar-refractivity contribution in [1.82, 2.24) is 0 Å². The fraction of sp³-hybridized carbons (Fsp3) is 0.588. The molecule has 1 N–H and O–H groups in total. The average Bonchev–Trinajstić information content (AvgIpc) is 2.85. The predicted molar refractivity (Wildman–Crippen MR) is 87.6 cm³/mol. The molecule has 1 aromatic carbocycles. The molecule has 0 spiro atoms. The van der Waals surface area contributed by atoms with Crippen LogP contribution in [-0.4, -0.2) is 50.3 Å². The van der Waals surface area contributed by atoms with Crippen molar-refractivity contribution >= 4 is 11.6 Å². The van der Waals surface area contributed by atoms with Gasteiger partial charge in [0.1, 0.15) is 17.6 Å². The van der Waals surface area contributed by atoms with E-state index in [0.29, 0.717) is 22.5 Å². The molecule has 1 aliphatic rings. The molecule has 0 aromatic heterocycles. The highest BCUT2D eigenvalue weighted by molar-refractivity contribution is 5.93. The monoisotopic (exact) mass is 307 g/mol. The zero-order chi connectivity index (χ0) is 16.3. The molecular weight excluding hydrogens is 280 g/mol. The summed E-state index contributed by atoms with van der Waals surface area (Å²) in [6, 6.07) is 3.83. The van der Waals surface area contributed by atoms with Crippen LogP contribution in [0.4, 0.5) is 5.69 Å². The van der Waals surface area contributed by atoms with Gasteiger partial charge in [0.05, 0.1) is 32.9 Å².